The van der Waals surface area contributed by atoms with Gasteiger partial charge in [-0.2, -0.15) is 18.3 Å². The Hall–Kier alpha value is -3.30. The number of rotatable bonds is 3. The summed E-state index contributed by atoms with van der Waals surface area (Å²) >= 11 is 0. The number of amides is 1. The fraction of sp³-hybridized carbons (Fsp3) is 0.316. The Morgan fingerprint density at radius 2 is 2.00 bits per heavy atom. The highest BCUT2D eigenvalue weighted by Gasteiger charge is 2.37. The smallest absolute Gasteiger partial charge is 0.433 e. The number of benzene rings is 1. The van der Waals surface area contributed by atoms with Gasteiger partial charge in [0.1, 0.15) is 0 Å². The molecule has 0 bridgehead atoms. The SMILES string of the molecule is O=CN1CCCC1c1cnn2c(C(F)(F)F)cc(-c3ccc4c(c3)OCO4)nc12. The van der Waals surface area contributed by atoms with Crippen molar-refractivity contribution in [1.82, 2.24) is 19.5 Å². The lowest BCUT2D eigenvalue weighted by Gasteiger charge is -2.19. The average Bonchev–Trinajstić information content (AvgIpc) is 3.43. The molecule has 0 radical (unpaired) electrons. The van der Waals surface area contributed by atoms with Gasteiger partial charge in [-0.1, -0.05) is 0 Å². The fourth-order valence-electron chi connectivity index (χ4n) is 3.87. The van der Waals surface area contributed by atoms with Gasteiger partial charge in [-0.3, -0.25) is 4.79 Å². The first-order valence-corrected chi connectivity index (χ1v) is 9.02. The number of hydrogen-bond acceptors (Lipinski definition) is 5. The van der Waals surface area contributed by atoms with E-state index < -0.39 is 11.9 Å². The van der Waals surface area contributed by atoms with E-state index in [2.05, 4.69) is 10.1 Å². The number of carbonyl (C=O) groups is 1. The summed E-state index contributed by atoms with van der Waals surface area (Å²) in [4.78, 5) is 17.4. The number of carbonyl (C=O) groups excluding carboxylic acids is 1. The van der Waals surface area contributed by atoms with Gasteiger partial charge in [-0.25, -0.2) is 9.50 Å². The van der Waals surface area contributed by atoms with Crippen LogP contribution in [0.15, 0.2) is 30.5 Å². The van der Waals surface area contributed by atoms with E-state index in [4.69, 9.17) is 9.47 Å². The molecular formula is C19H15F3N4O3. The maximum Gasteiger partial charge on any atom is 0.433 e. The van der Waals surface area contributed by atoms with Crippen LogP contribution < -0.4 is 9.47 Å². The molecule has 1 saturated heterocycles. The molecule has 0 spiro atoms. The molecule has 2 aliphatic heterocycles. The summed E-state index contributed by atoms with van der Waals surface area (Å²) in [7, 11) is 0. The Bertz CT molecular complexity index is 1110. The average molecular weight is 404 g/mol. The molecule has 1 atom stereocenters. The molecule has 3 aromatic rings. The summed E-state index contributed by atoms with van der Waals surface area (Å²) in [5, 5.41) is 3.94. The molecule has 5 rings (SSSR count). The molecule has 0 aliphatic carbocycles. The van der Waals surface area contributed by atoms with Gasteiger partial charge in [0.15, 0.2) is 22.8 Å². The van der Waals surface area contributed by atoms with Crippen molar-refractivity contribution < 1.29 is 27.4 Å². The molecule has 1 aromatic carbocycles. The number of likely N-dealkylation sites (tertiary alicyclic amines) is 1. The van der Waals surface area contributed by atoms with E-state index in [0.717, 1.165) is 17.0 Å². The van der Waals surface area contributed by atoms with E-state index in [1.165, 1.54) is 6.20 Å². The van der Waals surface area contributed by atoms with Crippen molar-refractivity contribution >= 4 is 12.1 Å². The maximum absolute atomic E-state index is 13.8. The van der Waals surface area contributed by atoms with Crippen molar-refractivity contribution in [2.75, 3.05) is 13.3 Å². The molecule has 1 unspecified atom stereocenters. The molecular weight excluding hydrogens is 389 g/mol. The summed E-state index contributed by atoms with van der Waals surface area (Å²) < 4.78 is 52.7. The highest BCUT2D eigenvalue weighted by molar-refractivity contribution is 5.68. The molecule has 2 aromatic heterocycles. The molecule has 4 heterocycles. The van der Waals surface area contributed by atoms with Crippen molar-refractivity contribution in [3.05, 3.63) is 41.7 Å². The molecule has 7 nitrogen and oxygen atoms in total. The second-order valence-corrected chi connectivity index (χ2v) is 6.93. The molecule has 10 heteroatoms. The van der Waals surface area contributed by atoms with Gasteiger partial charge in [-0.15, -0.1) is 0 Å². The summed E-state index contributed by atoms with van der Waals surface area (Å²) in [6.45, 7) is 0.620. The standard InChI is InChI=1S/C19H15F3N4O3/c20-19(21,22)17-7-13(11-3-4-15-16(6-11)29-10-28-15)24-18-12(8-23-26(17)18)14-2-1-5-25(14)9-27/h3-4,6-9,14H,1-2,5,10H2. The van der Waals surface area contributed by atoms with Crippen LogP contribution in [-0.4, -0.2) is 39.2 Å². The fourth-order valence-corrected chi connectivity index (χ4v) is 3.87. The number of ether oxygens (including phenoxy) is 2. The van der Waals surface area contributed by atoms with Crippen molar-refractivity contribution in [2.24, 2.45) is 0 Å². The Kier molecular flexibility index (Phi) is 3.90. The minimum absolute atomic E-state index is 0.0645. The predicted octanol–water partition coefficient (Wildman–Crippen LogP) is 3.44. The molecule has 1 fully saturated rings. The number of halogens is 3. The largest absolute Gasteiger partial charge is 0.454 e. The Labute approximate surface area is 162 Å². The lowest BCUT2D eigenvalue weighted by Crippen LogP contribution is -2.21. The number of alkyl halides is 3. The Balaban J connectivity index is 1.71. The summed E-state index contributed by atoms with van der Waals surface area (Å²) in [6, 6.07) is 5.50. The third-order valence-electron chi connectivity index (χ3n) is 5.25. The van der Waals surface area contributed by atoms with Crippen LogP contribution in [0.3, 0.4) is 0 Å². The van der Waals surface area contributed by atoms with Gasteiger partial charge in [0, 0.05) is 17.7 Å². The van der Waals surface area contributed by atoms with Crippen LogP contribution in [0.2, 0.25) is 0 Å². The highest BCUT2D eigenvalue weighted by Crippen LogP contribution is 2.39. The molecule has 1 amide bonds. The summed E-state index contributed by atoms with van der Waals surface area (Å²) in [5.74, 6) is 0.984. The second-order valence-electron chi connectivity index (χ2n) is 6.93. The van der Waals surface area contributed by atoms with Gasteiger partial charge in [0.05, 0.1) is 17.9 Å². The number of nitrogens with zero attached hydrogens (tertiary/aromatic N) is 4. The third kappa shape index (κ3) is 2.86. The van der Waals surface area contributed by atoms with Crippen LogP contribution in [0.4, 0.5) is 13.2 Å². The first-order chi connectivity index (χ1) is 14.0. The van der Waals surface area contributed by atoms with Gasteiger partial charge >= 0.3 is 6.18 Å². The molecule has 0 N–H and O–H groups in total. The van der Waals surface area contributed by atoms with Crippen LogP contribution in [-0.2, 0) is 11.0 Å². The lowest BCUT2D eigenvalue weighted by molar-refractivity contribution is -0.142. The van der Waals surface area contributed by atoms with Gasteiger partial charge in [0.25, 0.3) is 0 Å². The normalized spacial score (nSPS) is 18.6. The second kappa shape index (κ2) is 6.36. The monoisotopic (exact) mass is 404 g/mol. The van der Waals surface area contributed by atoms with Crippen molar-refractivity contribution in [2.45, 2.75) is 25.1 Å². The number of hydrogen-bond donors (Lipinski definition) is 0. The van der Waals surface area contributed by atoms with Gasteiger partial charge in [-0.05, 0) is 37.1 Å². The van der Waals surface area contributed by atoms with Crippen LogP contribution in [0.5, 0.6) is 11.5 Å². The Morgan fingerprint density at radius 1 is 1.17 bits per heavy atom. The van der Waals surface area contributed by atoms with Crippen molar-refractivity contribution in [3.63, 3.8) is 0 Å². The number of fused-ring (bicyclic) bond motifs is 2. The van der Waals surface area contributed by atoms with E-state index in [-0.39, 0.29) is 24.2 Å². The highest BCUT2D eigenvalue weighted by atomic mass is 19.4. The number of aromatic nitrogens is 3. The molecule has 0 saturated carbocycles. The van der Waals surface area contributed by atoms with E-state index in [1.54, 1.807) is 23.1 Å². The molecule has 29 heavy (non-hydrogen) atoms. The molecule has 2 aliphatic rings. The topological polar surface area (TPSA) is 69.0 Å². The van der Waals surface area contributed by atoms with Gasteiger partial charge in [0.2, 0.25) is 13.2 Å². The maximum atomic E-state index is 13.8. The van der Waals surface area contributed by atoms with Crippen molar-refractivity contribution in [1.29, 1.82) is 0 Å². The first kappa shape index (κ1) is 17.8. The molecule has 150 valence electrons. The summed E-state index contributed by atoms with van der Waals surface area (Å²) in [5.41, 5.74) is 0.264. The van der Waals surface area contributed by atoms with Crippen LogP contribution >= 0.6 is 0 Å². The van der Waals surface area contributed by atoms with Crippen molar-refractivity contribution in [3.8, 4) is 22.8 Å². The zero-order valence-corrected chi connectivity index (χ0v) is 15.0. The minimum Gasteiger partial charge on any atom is -0.454 e. The van der Waals surface area contributed by atoms with E-state index in [9.17, 15) is 18.0 Å². The zero-order chi connectivity index (χ0) is 20.2. The van der Waals surface area contributed by atoms with Crippen LogP contribution in [0.25, 0.3) is 16.9 Å². The van der Waals surface area contributed by atoms with Gasteiger partial charge < -0.3 is 14.4 Å². The minimum atomic E-state index is -4.63. The van der Waals surface area contributed by atoms with Crippen LogP contribution in [0, 0.1) is 0 Å². The predicted molar refractivity (Wildman–Crippen MR) is 94.3 cm³/mol. The quantitative estimate of drug-likeness (QED) is 0.626. The lowest BCUT2D eigenvalue weighted by atomic mass is 10.1. The van der Waals surface area contributed by atoms with Crippen LogP contribution in [0.1, 0.15) is 30.1 Å². The zero-order valence-electron chi connectivity index (χ0n) is 15.0. The van der Waals surface area contributed by atoms with E-state index >= 15 is 0 Å². The first-order valence-electron chi connectivity index (χ1n) is 9.02. The van der Waals surface area contributed by atoms with E-state index in [0.29, 0.717) is 42.0 Å². The summed E-state index contributed by atoms with van der Waals surface area (Å²) in [6.07, 6.45) is -1.12. The van der Waals surface area contributed by atoms with E-state index in [1.807, 2.05) is 0 Å². The third-order valence-corrected chi connectivity index (χ3v) is 5.25. The Morgan fingerprint density at radius 3 is 2.79 bits per heavy atom.